The predicted molar refractivity (Wildman–Crippen MR) is 80.3 cm³/mol. The number of morpholine rings is 1. The summed E-state index contributed by atoms with van der Waals surface area (Å²) >= 11 is 0. The lowest BCUT2D eigenvalue weighted by Gasteiger charge is -2.22. The standard InChI is InChI=1S/C15H21N3O3/c1-2-6-17-14(19)11-4-3-5-12(9-11)18-15(20)13-10-21-8-7-16-13/h3-5,9,13,16H,2,6-8,10H2,1H3,(H,17,19)(H,18,20). The van der Waals surface area contributed by atoms with Gasteiger partial charge in [0.05, 0.1) is 13.2 Å². The number of ether oxygens (including phenoxy) is 1. The molecule has 1 unspecified atom stereocenters. The maximum atomic E-state index is 12.1. The number of carbonyl (C=O) groups is 2. The molecule has 1 aromatic rings. The highest BCUT2D eigenvalue weighted by molar-refractivity contribution is 5.98. The van der Waals surface area contributed by atoms with Gasteiger partial charge in [0, 0.05) is 24.3 Å². The van der Waals surface area contributed by atoms with Gasteiger partial charge in [-0.05, 0) is 24.6 Å². The van der Waals surface area contributed by atoms with E-state index in [-0.39, 0.29) is 17.9 Å². The Kier molecular flexibility index (Phi) is 5.71. The molecular weight excluding hydrogens is 270 g/mol. The second-order valence-electron chi connectivity index (χ2n) is 4.91. The molecule has 114 valence electrons. The number of rotatable bonds is 5. The average molecular weight is 291 g/mol. The summed E-state index contributed by atoms with van der Waals surface area (Å²) in [6.07, 6.45) is 0.884. The van der Waals surface area contributed by atoms with Crippen LogP contribution in [-0.2, 0) is 9.53 Å². The number of hydrogen-bond donors (Lipinski definition) is 3. The molecular formula is C15H21N3O3. The zero-order valence-electron chi connectivity index (χ0n) is 12.1. The Hall–Kier alpha value is -1.92. The smallest absolute Gasteiger partial charge is 0.251 e. The Morgan fingerprint density at radius 2 is 2.29 bits per heavy atom. The molecule has 3 N–H and O–H groups in total. The van der Waals surface area contributed by atoms with Crippen molar-refractivity contribution in [3.8, 4) is 0 Å². The van der Waals surface area contributed by atoms with Crippen molar-refractivity contribution in [1.29, 1.82) is 0 Å². The Bertz CT molecular complexity index is 499. The van der Waals surface area contributed by atoms with Crippen LogP contribution in [0.1, 0.15) is 23.7 Å². The van der Waals surface area contributed by atoms with Gasteiger partial charge < -0.3 is 20.7 Å². The first kappa shape index (κ1) is 15.5. The van der Waals surface area contributed by atoms with Crippen LogP contribution in [0.5, 0.6) is 0 Å². The third-order valence-corrected chi connectivity index (χ3v) is 3.17. The summed E-state index contributed by atoms with van der Waals surface area (Å²) in [5, 5.41) is 8.70. The van der Waals surface area contributed by atoms with Crippen molar-refractivity contribution >= 4 is 17.5 Å². The summed E-state index contributed by atoms with van der Waals surface area (Å²) in [6, 6.07) is 6.56. The van der Waals surface area contributed by atoms with Gasteiger partial charge in [-0.2, -0.15) is 0 Å². The molecule has 2 rings (SSSR count). The summed E-state index contributed by atoms with van der Waals surface area (Å²) < 4.78 is 5.26. The first-order chi connectivity index (χ1) is 10.2. The number of nitrogens with one attached hydrogen (secondary N) is 3. The highest BCUT2D eigenvalue weighted by Gasteiger charge is 2.21. The van der Waals surface area contributed by atoms with Crippen LogP contribution in [-0.4, -0.2) is 44.2 Å². The number of amides is 2. The Morgan fingerprint density at radius 1 is 1.43 bits per heavy atom. The quantitative estimate of drug-likeness (QED) is 0.748. The maximum absolute atomic E-state index is 12.1. The van der Waals surface area contributed by atoms with Crippen LogP contribution in [0.4, 0.5) is 5.69 Å². The van der Waals surface area contributed by atoms with Gasteiger partial charge >= 0.3 is 0 Å². The topological polar surface area (TPSA) is 79.5 Å². The molecule has 6 heteroatoms. The second kappa shape index (κ2) is 7.75. The van der Waals surface area contributed by atoms with Gasteiger partial charge in [0.1, 0.15) is 6.04 Å². The van der Waals surface area contributed by atoms with Gasteiger partial charge in [-0.15, -0.1) is 0 Å². The van der Waals surface area contributed by atoms with Crippen LogP contribution in [0, 0.1) is 0 Å². The molecule has 1 aliphatic rings. The monoisotopic (exact) mass is 291 g/mol. The first-order valence-corrected chi connectivity index (χ1v) is 7.21. The Labute approximate surface area is 124 Å². The van der Waals surface area contributed by atoms with E-state index >= 15 is 0 Å². The molecule has 0 bridgehead atoms. The molecule has 21 heavy (non-hydrogen) atoms. The van der Waals surface area contributed by atoms with Crippen molar-refractivity contribution in [3.05, 3.63) is 29.8 Å². The zero-order valence-corrected chi connectivity index (χ0v) is 12.1. The molecule has 0 aromatic heterocycles. The van der Waals surface area contributed by atoms with Crippen LogP contribution in [0.3, 0.4) is 0 Å². The third-order valence-electron chi connectivity index (χ3n) is 3.17. The van der Waals surface area contributed by atoms with Crippen molar-refractivity contribution in [3.63, 3.8) is 0 Å². The van der Waals surface area contributed by atoms with Crippen molar-refractivity contribution in [2.24, 2.45) is 0 Å². The van der Waals surface area contributed by atoms with Gasteiger partial charge in [-0.3, -0.25) is 9.59 Å². The Balaban J connectivity index is 1.96. The van der Waals surface area contributed by atoms with E-state index in [0.29, 0.717) is 37.6 Å². The van der Waals surface area contributed by atoms with Gasteiger partial charge in [0.25, 0.3) is 5.91 Å². The minimum Gasteiger partial charge on any atom is -0.378 e. The molecule has 0 aliphatic carbocycles. The lowest BCUT2D eigenvalue weighted by Crippen LogP contribution is -2.48. The van der Waals surface area contributed by atoms with E-state index in [0.717, 1.165) is 6.42 Å². The lowest BCUT2D eigenvalue weighted by atomic mass is 10.1. The van der Waals surface area contributed by atoms with Gasteiger partial charge in [0.2, 0.25) is 5.91 Å². The van der Waals surface area contributed by atoms with Crippen LogP contribution >= 0.6 is 0 Å². The molecule has 1 atom stereocenters. The van der Waals surface area contributed by atoms with E-state index in [1.165, 1.54) is 0 Å². The molecule has 0 saturated carbocycles. The van der Waals surface area contributed by atoms with E-state index in [1.807, 2.05) is 6.92 Å². The minimum atomic E-state index is -0.351. The molecule has 0 spiro atoms. The third kappa shape index (κ3) is 4.54. The summed E-state index contributed by atoms with van der Waals surface area (Å²) in [5.41, 5.74) is 1.14. The summed E-state index contributed by atoms with van der Waals surface area (Å²) in [7, 11) is 0. The van der Waals surface area contributed by atoms with Crippen LogP contribution in [0.25, 0.3) is 0 Å². The molecule has 6 nitrogen and oxygen atoms in total. The summed E-state index contributed by atoms with van der Waals surface area (Å²) in [6.45, 7) is 4.28. The van der Waals surface area contributed by atoms with E-state index in [2.05, 4.69) is 16.0 Å². The van der Waals surface area contributed by atoms with Crippen molar-refractivity contribution in [1.82, 2.24) is 10.6 Å². The van der Waals surface area contributed by atoms with E-state index < -0.39 is 0 Å². The van der Waals surface area contributed by atoms with Crippen molar-refractivity contribution in [2.75, 3.05) is 31.6 Å². The molecule has 1 aliphatic heterocycles. The number of carbonyl (C=O) groups excluding carboxylic acids is 2. The van der Waals surface area contributed by atoms with E-state index in [4.69, 9.17) is 4.74 Å². The fourth-order valence-electron chi connectivity index (χ4n) is 2.04. The van der Waals surface area contributed by atoms with Gasteiger partial charge in [-0.25, -0.2) is 0 Å². The Morgan fingerprint density at radius 3 is 3.00 bits per heavy atom. The highest BCUT2D eigenvalue weighted by Crippen LogP contribution is 2.11. The SMILES string of the molecule is CCCNC(=O)c1cccc(NC(=O)C2COCCN2)c1. The van der Waals surface area contributed by atoms with Crippen molar-refractivity contribution in [2.45, 2.75) is 19.4 Å². The van der Waals surface area contributed by atoms with Crippen LogP contribution in [0.15, 0.2) is 24.3 Å². The summed E-state index contributed by atoms with van der Waals surface area (Å²) in [4.78, 5) is 24.0. The lowest BCUT2D eigenvalue weighted by molar-refractivity contribution is -0.120. The number of benzene rings is 1. The fourth-order valence-corrected chi connectivity index (χ4v) is 2.04. The van der Waals surface area contributed by atoms with E-state index in [1.54, 1.807) is 24.3 Å². The minimum absolute atomic E-state index is 0.132. The fraction of sp³-hybridized carbons (Fsp3) is 0.467. The number of hydrogen-bond acceptors (Lipinski definition) is 4. The number of anilines is 1. The van der Waals surface area contributed by atoms with E-state index in [9.17, 15) is 9.59 Å². The first-order valence-electron chi connectivity index (χ1n) is 7.21. The average Bonchev–Trinajstić information content (AvgIpc) is 2.53. The summed E-state index contributed by atoms with van der Waals surface area (Å²) in [5.74, 6) is -0.284. The molecule has 1 fully saturated rings. The molecule has 0 radical (unpaired) electrons. The second-order valence-corrected chi connectivity index (χ2v) is 4.91. The zero-order chi connectivity index (χ0) is 15.1. The molecule has 2 amide bonds. The van der Waals surface area contributed by atoms with Gasteiger partial charge in [-0.1, -0.05) is 13.0 Å². The maximum Gasteiger partial charge on any atom is 0.251 e. The molecule has 1 heterocycles. The molecule has 1 aromatic carbocycles. The molecule has 1 saturated heterocycles. The van der Waals surface area contributed by atoms with Crippen LogP contribution in [0.2, 0.25) is 0 Å². The van der Waals surface area contributed by atoms with Crippen molar-refractivity contribution < 1.29 is 14.3 Å². The van der Waals surface area contributed by atoms with Crippen LogP contribution < -0.4 is 16.0 Å². The normalized spacial score (nSPS) is 18.0. The highest BCUT2D eigenvalue weighted by atomic mass is 16.5. The largest absolute Gasteiger partial charge is 0.378 e. The predicted octanol–water partition coefficient (Wildman–Crippen LogP) is 0.753. The van der Waals surface area contributed by atoms with Gasteiger partial charge in [0.15, 0.2) is 0 Å².